The van der Waals surface area contributed by atoms with E-state index in [0.29, 0.717) is 29.4 Å². The number of hydrogen-bond acceptors (Lipinski definition) is 4. The number of anilines is 1. The van der Waals surface area contributed by atoms with Crippen LogP contribution in [-0.4, -0.2) is 39.0 Å². The van der Waals surface area contributed by atoms with Crippen LogP contribution in [0.1, 0.15) is 23.1 Å². The van der Waals surface area contributed by atoms with Crippen LogP contribution >= 0.6 is 0 Å². The molecule has 1 aliphatic rings. The van der Waals surface area contributed by atoms with Crippen LogP contribution in [0.4, 0.5) is 5.69 Å². The molecule has 0 spiro atoms. The molecule has 112 valence electrons. The van der Waals surface area contributed by atoms with Gasteiger partial charge in [-0.2, -0.15) is 4.31 Å². The fraction of sp³-hybridized carbons (Fsp3) is 0.571. The van der Waals surface area contributed by atoms with Crippen molar-refractivity contribution in [1.82, 2.24) is 4.31 Å². The zero-order chi connectivity index (χ0) is 15.1. The molecule has 2 rings (SSSR count). The average Bonchev–Trinajstić information content (AvgIpc) is 2.89. The Balaban J connectivity index is 2.54. The summed E-state index contributed by atoms with van der Waals surface area (Å²) in [5.74, 6) is 0. The van der Waals surface area contributed by atoms with Crippen LogP contribution in [0.2, 0.25) is 0 Å². The van der Waals surface area contributed by atoms with E-state index in [2.05, 4.69) is 0 Å². The number of nitrogens with zero attached hydrogens (tertiary/aromatic N) is 1. The number of ether oxygens (including phenoxy) is 1. The Morgan fingerprint density at radius 2 is 1.95 bits per heavy atom. The van der Waals surface area contributed by atoms with E-state index < -0.39 is 10.0 Å². The predicted molar refractivity (Wildman–Crippen MR) is 79.2 cm³/mol. The zero-order valence-corrected chi connectivity index (χ0v) is 13.3. The van der Waals surface area contributed by atoms with Gasteiger partial charge in [-0.3, -0.25) is 0 Å². The van der Waals surface area contributed by atoms with Crippen molar-refractivity contribution in [1.29, 1.82) is 0 Å². The van der Waals surface area contributed by atoms with Crippen LogP contribution in [0.15, 0.2) is 11.0 Å². The molecule has 0 saturated carbocycles. The lowest BCUT2D eigenvalue weighted by Crippen LogP contribution is -2.38. The predicted octanol–water partition coefficient (Wildman–Crippen LogP) is 1.60. The van der Waals surface area contributed by atoms with E-state index in [4.69, 9.17) is 10.5 Å². The fourth-order valence-corrected chi connectivity index (χ4v) is 4.48. The number of nitrogen functional groups attached to an aromatic ring is 1. The Bertz CT molecular complexity index is 594. The number of benzene rings is 1. The first kappa shape index (κ1) is 15.3. The van der Waals surface area contributed by atoms with Gasteiger partial charge in [0, 0.05) is 19.3 Å². The maximum absolute atomic E-state index is 12.9. The highest BCUT2D eigenvalue weighted by Gasteiger charge is 2.33. The standard InChI is InChI=1S/C14H22N2O3S/c1-9-7-13(15)11(3)14(10(9)2)20(17,18)16(4)12-5-6-19-8-12/h7,12H,5-6,8,15H2,1-4H3. The molecule has 1 unspecified atom stereocenters. The van der Waals surface area contributed by atoms with Gasteiger partial charge < -0.3 is 10.5 Å². The molecular formula is C14H22N2O3S. The molecule has 0 radical (unpaired) electrons. The summed E-state index contributed by atoms with van der Waals surface area (Å²) in [5, 5.41) is 0. The Morgan fingerprint density at radius 3 is 2.50 bits per heavy atom. The van der Waals surface area contributed by atoms with E-state index in [1.54, 1.807) is 14.0 Å². The normalized spacial score (nSPS) is 19.8. The third-order valence-corrected chi connectivity index (χ3v) is 6.32. The van der Waals surface area contributed by atoms with Crippen molar-refractivity contribution >= 4 is 15.7 Å². The molecular weight excluding hydrogens is 276 g/mol. The molecule has 6 heteroatoms. The summed E-state index contributed by atoms with van der Waals surface area (Å²) in [6.45, 7) is 6.53. The number of hydrogen-bond donors (Lipinski definition) is 1. The highest BCUT2D eigenvalue weighted by molar-refractivity contribution is 7.89. The van der Waals surface area contributed by atoms with Crippen LogP contribution in [0.3, 0.4) is 0 Å². The first-order chi connectivity index (χ1) is 9.26. The van der Waals surface area contributed by atoms with E-state index in [1.165, 1.54) is 4.31 Å². The van der Waals surface area contributed by atoms with Crippen molar-refractivity contribution in [2.75, 3.05) is 26.0 Å². The zero-order valence-electron chi connectivity index (χ0n) is 12.4. The second kappa shape index (κ2) is 5.35. The largest absolute Gasteiger partial charge is 0.398 e. The third-order valence-electron chi connectivity index (χ3n) is 4.13. The number of rotatable bonds is 3. The lowest BCUT2D eigenvalue weighted by molar-refractivity contribution is 0.181. The average molecular weight is 298 g/mol. The molecule has 1 saturated heterocycles. The molecule has 0 bridgehead atoms. The molecule has 2 N–H and O–H groups in total. The summed E-state index contributed by atoms with van der Waals surface area (Å²) < 4.78 is 32.5. The van der Waals surface area contributed by atoms with Crippen LogP contribution in [0.25, 0.3) is 0 Å². The van der Waals surface area contributed by atoms with Gasteiger partial charge in [0.25, 0.3) is 0 Å². The third kappa shape index (κ3) is 2.43. The summed E-state index contributed by atoms with van der Waals surface area (Å²) in [6.07, 6.45) is 0.731. The lowest BCUT2D eigenvalue weighted by atomic mass is 10.1. The molecule has 5 nitrogen and oxygen atoms in total. The summed E-state index contributed by atoms with van der Waals surface area (Å²) >= 11 is 0. The fourth-order valence-electron chi connectivity index (χ4n) is 2.58. The van der Waals surface area contributed by atoms with Crippen molar-refractivity contribution in [3.63, 3.8) is 0 Å². The molecule has 1 aliphatic heterocycles. The minimum absolute atomic E-state index is 0.0967. The summed E-state index contributed by atoms with van der Waals surface area (Å²) in [4.78, 5) is 0.337. The van der Waals surface area contributed by atoms with Crippen molar-refractivity contribution < 1.29 is 13.2 Å². The van der Waals surface area contributed by atoms with Crippen LogP contribution < -0.4 is 5.73 Å². The van der Waals surface area contributed by atoms with Gasteiger partial charge in [0.15, 0.2) is 0 Å². The quantitative estimate of drug-likeness (QED) is 0.860. The summed E-state index contributed by atoms with van der Waals surface area (Å²) in [6, 6.07) is 1.73. The van der Waals surface area contributed by atoms with Crippen LogP contribution in [-0.2, 0) is 14.8 Å². The minimum Gasteiger partial charge on any atom is -0.398 e. The molecule has 1 fully saturated rings. The van der Waals surface area contributed by atoms with Crippen LogP contribution in [0.5, 0.6) is 0 Å². The SMILES string of the molecule is Cc1cc(N)c(C)c(S(=O)(=O)N(C)C2CCOC2)c1C. The van der Waals surface area contributed by atoms with E-state index in [9.17, 15) is 8.42 Å². The number of likely N-dealkylation sites (N-methyl/N-ethyl adjacent to an activating group) is 1. The Hall–Kier alpha value is -1.11. The number of nitrogens with two attached hydrogens (primary N) is 1. The number of sulfonamides is 1. The van der Waals surface area contributed by atoms with Gasteiger partial charge in [-0.15, -0.1) is 0 Å². The van der Waals surface area contributed by atoms with Gasteiger partial charge >= 0.3 is 0 Å². The highest BCUT2D eigenvalue weighted by Crippen LogP contribution is 2.31. The smallest absolute Gasteiger partial charge is 0.243 e. The van der Waals surface area contributed by atoms with Crippen LogP contribution in [0, 0.1) is 20.8 Å². The molecule has 1 aromatic rings. The second-order valence-electron chi connectivity index (χ2n) is 5.40. The van der Waals surface area contributed by atoms with E-state index in [1.807, 2.05) is 19.9 Å². The maximum atomic E-state index is 12.9. The molecule has 0 amide bonds. The first-order valence-corrected chi connectivity index (χ1v) is 8.13. The van der Waals surface area contributed by atoms with Gasteiger partial charge in [-0.05, 0) is 49.9 Å². The minimum atomic E-state index is -3.56. The monoisotopic (exact) mass is 298 g/mol. The molecule has 1 heterocycles. The summed E-state index contributed by atoms with van der Waals surface area (Å²) in [7, 11) is -1.94. The molecule has 0 aromatic heterocycles. The Labute approximate surface area is 120 Å². The maximum Gasteiger partial charge on any atom is 0.243 e. The molecule has 20 heavy (non-hydrogen) atoms. The topological polar surface area (TPSA) is 72.6 Å². The van der Waals surface area contributed by atoms with Crippen molar-refractivity contribution in [3.8, 4) is 0 Å². The highest BCUT2D eigenvalue weighted by atomic mass is 32.2. The molecule has 0 aliphatic carbocycles. The lowest BCUT2D eigenvalue weighted by Gasteiger charge is -2.25. The second-order valence-corrected chi connectivity index (χ2v) is 7.33. The van der Waals surface area contributed by atoms with Gasteiger partial charge in [0.2, 0.25) is 10.0 Å². The van der Waals surface area contributed by atoms with Gasteiger partial charge in [-0.1, -0.05) is 0 Å². The number of aryl methyl sites for hydroxylation is 1. The molecule has 1 atom stereocenters. The van der Waals surface area contributed by atoms with Crippen molar-refractivity contribution in [2.24, 2.45) is 0 Å². The van der Waals surface area contributed by atoms with E-state index in [0.717, 1.165) is 17.5 Å². The van der Waals surface area contributed by atoms with Gasteiger partial charge in [0.05, 0.1) is 17.5 Å². The molecule has 1 aromatic carbocycles. The Morgan fingerprint density at radius 1 is 1.30 bits per heavy atom. The first-order valence-electron chi connectivity index (χ1n) is 6.69. The Kier molecular flexibility index (Phi) is 4.09. The van der Waals surface area contributed by atoms with Gasteiger partial charge in [-0.25, -0.2) is 8.42 Å². The van der Waals surface area contributed by atoms with E-state index in [-0.39, 0.29) is 6.04 Å². The van der Waals surface area contributed by atoms with Crippen molar-refractivity contribution in [2.45, 2.75) is 38.1 Å². The van der Waals surface area contributed by atoms with Crippen molar-refractivity contribution in [3.05, 3.63) is 22.8 Å². The van der Waals surface area contributed by atoms with Gasteiger partial charge in [0.1, 0.15) is 0 Å². The van der Waals surface area contributed by atoms with E-state index >= 15 is 0 Å². The summed E-state index contributed by atoms with van der Waals surface area (Å²) in [5.41, 5.74) is 8.73.